The third-order valence-electron chi connectivity index (χ3n) is 5.40. The molecule has 1 amide bonds. The Labute approximate surface area is 175 Å². The van der Waals surface area contributed by atoms with Gasteiger partial charge in [0.25, 0.3) is 0 Å². The molecule has 1 aliphatic rings. The maximum absolute atomic E-state index is 13.4. The summed E-state index contributed by atoms with van der Waals surface area (Å²) < 4.78 is 0. The van der Waals surface area contributed by atoms with Gasteiger partial charge in [0.1, 0.15) is 0 Å². The highest BCUT2D eigenvalue weighted by atomic mass is 32.1. The standard InChI is InChI=1S/C23H26N2OS2/c1-17(2)24(15-18-7-4-3-5-8-18)16-22(26)25-12-10-20-19(11-14-28-20)23(25)21-9-6-13-27-21/h3-9,11,13-14,17,23H,10,12,15-16H2,1-2H3. The molecular formula is C23H26N2OS2. The second-order valence-electron chi connectivity index (χ2n) is 7.54. The highest BCUT2D eigenvalue weighted by Crippen LogP contribution is 2.39. The van der Waals surface area contributed by atoms with Crippen molar-refractivity contribution in [3.63, 3.8) is 0 Å². The fourth-order valence-corrected chi connectivity index (χ4v) is 5.60. The SMILES string of the molecule is CC(C)N(CC(=O)N1CCc2sccc2C1c1cccs1)Cc1ccccc1. The molecule has 4 rings (SSSR count). The molecule has 1 atom stereocenters. The molecule has 3 nitrogen and oxygen atoms in total. The van der Waals surface area contributed by atoms with Crippen molar-refractivity contribution >= 4 is 28.6 Å². The number of benzene rings is 1. The van der Waals surface area contributed by atoms with E-state index in [9.17, 15) is 4.79 Å². The van der Waals surface area contributed by atoms with Gasteiger partial charge in [0.2, 0.25) is 5.91 Å². The fraction of sp³-hybridized carbons (Fsp3) is 0.348. The van der Waals surface area contributed by atoms with Crippen LogP contribution in [0.3, 0.4) is 0 Å². The van der Waals surface area contributed by atoms with Crippen molar-refractivity contribution in [3.05, 3.63) is 80.2 Å². The zero-order valence-electron chi connectivity index (χ0n) is 16.4. The molecule has 3 aromatic rings. The van der Waals surface area contributed by atoms with E-state index in [4.69, 9.17) is 0 Å². The number of nitrogens with zero attached hydrogens (tertiary/aromatic N) is 2. The van der Waals surface area contributed by atoms with Gasteiger partial charge in [-0.1, -0.05) is 36.4 Å². The number of carbonyl (C=O) groups excluding carboxylic acids is 1. The Balaban J connectivity index is 1.55. The van der Waals surface area contributed by atoms with Gasteiger partial charge >= 0.3 is 0 Å². The molecule has 1 aromatic carbocycles. The summed E-state index contributed by atoms with van der Waals surface area (Å²) in [5, 5.41) is 4.27. The lowest BCUT2D eigenvalue weighted by atomic mass is 9.98. The molecule has 0 radical (unpaired) electrons. The van der Waals surface area contributed by atoms with Crippen molar-refractivity contribution in [1.82, 2.24) is 9.80 Å². The summed E-state index contributed by atoms with van der Waals surface area (Å²) in [4.78, 5) is 20.5. The quantitative estimate of drug-likeness (QED) is 0.558. The average molecular weight is 411 g/mol. The number of carbonyl (C=O) groups is 1. The molecule has 0 saturated heterocycles. The predicted octanol–water partition coefficient (Wildman–Crippen LogP) is 5.19. The van der Waals surface area contributed by atoms with E-state index in [1.165, 1.54) is 20.9 Å². The molecule has 0 N–H and O–H groups in total. The zero-order chi connectivity index (χ0) is 19.5. The Morgan fingerprint density at radius 2 is 1.93 bits per heavy atom. The fourth-order valence-electron chi connectivity index (χ4n) is 3.84. The molecule has 1 unspecified atom stereocenters. The number of hydrogen-bond donors (Lipinski definition) is 0. The third kappa shape index (κ3) is 4.07. The maximum Gasteiger partial charge on any atom is 0.237 e. The Morgan fingerprint density at radius 3 is 2.64 bits per heavy atom. The highest BCUT2D eigenvalue weighted by molar-refractivity contribution is 7.10. The Kier molecular flexibility index (Phi) is 5.95. The van der Waals surface area contributed by atoms with E-state index >= 15 is 0 Å². The molecule has 0 bridgehead atoms. The van der Waals surface area contributed by atoms with Gasteiger partial charge in [-0.2, -0.15) is 0 Å². The van der Waals surface area contributed by atoms with Crippen molar-refractivity contribution in [2.75, 3.05) is 13.1 Å². The first-order valence-electron chi connectivity index (χ1n) is 9.80. The normalized spacial score (nSPS) is 16.6. The van der Waals surface area contributed by atoms with Crippen LogP contribution in [0.2, 0.25) is 0 Å². The lowest BCUT2D eigenvalue weighted by molar-refractivity contribution is -0.135. The van der Waals surface area contributed by atoms with E-state index in [2.05, 4.69) is 76.9 Å². The van der Waals surface area contributed by atoms with Gasteiger partial charge in [-0.05, 0) is 54.3 Å². The first-order valence-corrected chi connectivity index (χ1v) is 11.6. The van der Waals surface area contributed by atoms with Crippen LogP contribution < -0.4 is 0 Å². The maximum atomic E-state index is 13.4. The molecule has 3 heterocycles. The largest absolute Gasteiger partial charge is 0.329 e. The van der Waals surface area contributed by atoms with Crippen LogP contribution in [-0.2, 0) is 17.8 Å². The van der Waals surface area contributed by atoms with Crippen LogP contribution in [0, 0.1) is 0 Å². The van der Waals surface area contributed by atoms with E-state index in [0.717, 1.165) is 19.5 Å². The minimum Gasteiger partial charge on any atom is -0.329 e. The lowest BCUT2D eigenvalue weighted by Crippen LogP contribution is -2.46. The molecule has 1 aliphatic heterocycles. The number of rotatable bonds is 6. The number of fused-ring (bicyclic) bond motifs is 1. The number of amides is 1. The molecule has 0 saturated carbocycles. The van der Waals surface area contributed by atoms with Gasteiger partial charge < -0.3 is 4.90 Å². The van der Waals surface area contributed by atoms with Gasteiger partial charge in [0.05, 0.1) is 12.6 Å². The second-order valence-corrected chi connectivity index (χ2v) is 9.52. The van der Waals surface area contributed by atoms with Crippen LogP contribution in [0.4, 0.5) is 0 Å². The topological polar surface area (TPSA) is 23.6 Å². The number of hydrogen-bond acceptors (Lipinski definition) is 4. The summed E-state index contributed by atoms with van der Waals surface area (Å²) in [6.45, 7) is 6.38. The first-order chi connectivity index (χ1) is 13.6. The molecular weight excluding hydrogens is 384 g/mol. The van der Waals surface area contributed by atoms with Gasteiger partial charge in [0, 0.05) is 28.9 Å². The van der Waals surface area contributed by atoms with Crippen LogP contribution in [-0.4, -0.2) is 34.8 Å². The molecule has 0 spiro atoms. The molecule has 146 valence electrons. The van der Waals surface area contributed by atoms with Crippen LogP contribution >= 0.6 is 22.7 Å². The predicted molar refractivity (Wildman–Crippen MR) is 118 cm³/mol. The van der Waals surface area contributed by atoms with Crippen LogP contribution in [0.5, 0.6) is 0 Å². The minimum atomic E-state index is 0.0632. The summed E-state index contributed by atoms with van der Waals surface area (Å²) in [6, 6.07) is 17.2. The summed E-state index contributed by atoms with van der Waals surface area (Å²) >= 11 is 3.56. The van der Waals surface area contributed by atoms with Crippen molar-refractivity contribution in [3.8, 4) is 0 Å². The Bertz CT molecular complexity index is 902. The van der Waals surface area contributed by atoms with Gasteiger partial charge in [-0.25, -0.2) is 0 Å². The first kappa shape index (κ1) is 19.4. The van der Waals surface area contributed by atoms with Crippen molar-refractivity contribution in [2.24, 2.45) is 0 Å². The lowest BCUT2D eigenvalue weighted by Gasteiger charge is -2.37. The smallest absolute Gasteiger partial charge is 0.237 e. The molecule has 5 heteroatoms. The summed E-state index contributed by atoms with van der Waals surface area (Å²) in [7, 11) is 0. The second kappa shape index (κ2) is 8.60. The van der Waals surface area contributed by atoms with E-state index in [1.54, 1.807) is 11.3 Å². The molecule has 0 aliphatic carbocycles. The Morgan fingerprint density at radius 1 is 1.11 bits per heavy atom. The zero-order valence-corrected chi connectivity index (χ0v) is 18.0. The van der Waals surface area contributed by atoms with Crippen molar-refractivity contribution in [1.29, 1.82) is 0 Å². The van der Waals surface area contributed by atoms with Gasteiger partial charge in [-0.3, -0.25) is 9.69 Å². The van der Waals surface area contributed by atoms with Gasteiger partial charge in [0.15, 0.2) is 0 Å². The minimum absolute atomic E-state index is 0.0632. The highest BCUT2D eigenvalue weighted by Gasteiger charge is 2.34. The van der Waals surface area contributed by atoms with E-state index in [0.29, 0.717) is 12.6 Å². The van der Waals surface area contributed by atoms with Crippen LogP contribution in [0.1, 0.15) is 40.8 Å². The number of thiophene rings is 2. The molecule has 28 heavy (non-hydrogen) atoms. The van der Waals surface area contributed by atoms with Crippen molar-refractivity contribution in [2.45, 2.75) is 38.9 Å². The van der Waals surface area contributed by atoms with E-state index < -0.39 is 0 Å². The van der Waals surface area contributed by atoms with E-state index in [-0.39, 0.29) is 11.9 Å². The average Bonchev–Trinajstić information content (AvgIpc) is 3.39. The molecule has 0 fully saturated rings. The van der Waals surface area contributed by atoms with Crippen LogP contribution in [0.25, 0.3) is 0 Å². The Hall–Kier alpha value is -1.95. The van der Waals surface area contributed by atoms with Crippen molar-refractivity contribution < 1.29 is 4.79 Å². The summed E-state index contributed by atoms with van der Waals surface area (Å²) in [6.07, 6.45) is 0.959. The van der Waals surface area contributed by atoms with Crippen LogP contribution in [0.15, 0.2) is 59.3 Å². The summed E-state index contributed by atoms with van der Waals surface area (Å²) in [5.41, 5.74) is 2.56. The molecule has 2 aromatic heterocycles. The van der Waals surface area contributed by atoms with E-state index in [1.807, 2.05) is 17.4 Å². The summed E-state index contributed by atoms with van der Waals surface area (Å²) in [5.74, 6) is 0.222. The third-order valence-corrected chi connectivity index (χ3v) is 7.32. The monoisotopic (exact) mass is 410 g/mol. The van der Waals surface area contributed by atoms with Gasteiger partial charge in [-0.15, -0.1) is 22.7 Å².